The SMILES string of the molecule is Cn1c(N2CCC3(CC2)Cc2cccnc2C3)nc2n[nH]c(-c3ccnc(NC4CC4)c3Cl)c2c1=O. The molecule has 9 nitrogen and oxygen atoms in total. The van der Waals surface area contributed by atoms with E-state index in [1.807, 2.05) is 12.3 Å². The zero-order chi connectivity index (χ0) is 24.4. The van der Waals surface area contributed by atoms with Crippen LogP contribution in [-0.4, -0.2) is 48.8 Å². The fourth-order valence-corrected chi connectivity index (χ4v) is 6.09. The molecule has 1 spiro atoms. The summed E-state index contributed by atoms with van der Waals surface area (Å²) >= 11 is 6.70. The fourth-order valence-electron chi connectivity index (χ4n) is 5.83. The van der Waals surface area contributed by atoms with Crippen LogP contribution in [0.2, 0.25) is 5.02 Å². The van der Waals surface area contributed by atoms with Gasteiger partial charge in [-0.1, -0.05) is 17.7 Å². The van der Waals surface area contributed by atoms with Gasteiger partial charge in [-0.25, -0.2) is 4.98 Å². The minimum atomic E-state index is -0.138. The monoisotopic (exact) mass is 502 g/mol. The summed E-state index contributed by atoms with van der Waals surface area (Å²) in [6, 6.07) is 6.46. The molecule has 1 saturated carbocycles. The lowest BCUT2D eigenvalue weighted by Gasteiger charge is -2.40. The lowest BCUT2D eigenvalue weighted by molar-refractivity contribution is 0.230. The van der Waals surface area contributed by atoms with Crippen molar-refractivity contribution in [3.05, 3.63) is 57.2 Å². The highest BCUT2D eigenvalue weighted by Crippen LogP contribution is 2.44. The van der Waals surface area contributed by atoms with Crippen LogP contribution < -0.4 is 15.8 Å². The van der Waals surface area contributed by atoms with Crippen LogP contribution >= 0.6 is 11.6 Å². The van der Waals surface area contributed by atoms with Crippen LogP contribution in [-0.2, 0) is 19.9 Å². The van der Waals surface area contributed by atoms with Crippen molar-refractivity contribution in [1.82, 2.24) is 29.7 Å². The molecule has 36 heavy (non-hydrogen) atoms. The summed E-state index contributed by atoms with van der Waals surface area (Å²) in [5, 5.41) is 11.7. The van der Waals surface area contributed by atoms with Gasteiger partial charge in [-0.2, -0.15) is 10.1 Å². The van der Waals surface area contributed by atoms with E-state index >= 15 is 0 Å². The van der Waals surface area contributed by atoms with Gasteiger partial charge in [0.1, 0.15) is 11.2 Å². The molecule has 0 radical (unpaired) electrons. The zero-order valence-electron chi connectivity index (χ0n) is 20.1. The molecule has 2 fully saturated rings. The molecule has 7 rings (SSSR count). The van der Waals surface area contributed by atoms with Gasteiger partial charge in [0, 0.05) is 49.8 Å². The molecule has 4 aromatic rings. The molecular weight excluding hydrogens is 476 g/mol. The van der Waals surface area contributed by atoms with Gasteiger partial charge in [-0.3, -0.25) is 19.4 Å². The third kappa shape index (κ3) is 3.48. The molecule has 3 aliphatic rings. The Hall–Kier alpha value is -3.46. The number of aromatic nitrogens is 6. The third-order valence-electron chi connectivity index (χ3n) is 8.05. The van der Waals surface area contributed by atoms with Crippen LogP contribution in [0.5, 0.6) is 0 Å². The lowest BCUT2D eigenvalue weighted by atomic mass is 9.76. The van der Waals surface area contributed by atoms with Crippen molar-refractivity contribution in [2.45, 2.75) is 44.6 Å². The molecule has 2 N–H and O–H groups in total. The Morgan fingerprint density at radius 2 is 1.97 bits per heavy atom. The highest BCUT2D eigenvalue weighted by molar-refractivity contribution is 6.36. The molecule has 0 amide bonds. The van der Waals surface area contributed by atoms with E-state index < -0.39 is 0 Å². The van der Waals surface area contributed by atoms with E-state index in [-0.39, 0.29) is 11.0 Å². The summed E-state index contributed by atoms with van der Waals surface area (Å²) in [5.74, 6) is 1.29. The first-order valence-corrected chi connectivity index (χ1v) is 12.9. The van der Waals surface area contributed by atoms with E-state index in [0.717, 1.165) is 51.6 Å². The number of H-pyrrole nitrogens is 1. The van der Waals surface area contributed by atoms with Crippen molar-refractivity contribution in [2.75, 3.05) is 23.3 Å². The number of rotatable bonds is 4. The summed E-state index contributed by atoms with van der Waals surface area (Å²) < 4.78 is 1.64. The van der Waals surface area contributed by atoms with Gasteiger partial charge in [0.15, 0.2) is 5.65 Å². The van der Waals surface area contributed by atoms with Gasteiger partial charge in [0.05, 0.1) is 10.7 Å². The second-order valence-corrected chi connectivity index (χ2v) is 10.8. The van der Waals surface area contributed by atoms with E-state index in [4.69, 9.17) is 16.6 Å². The molecule has 0 aromatic carbocycles. The van der Waals surface area contributed by atoms with Gasteiger partial charge >= 0.3 is 0 Å². The summed E-state index contributed by atoms with van der Waals surface area (Å²) in [7, 11) is 1.79. The summed E-state index contributed by atoms with van der Waals surface area (Å²) in [5.41, 5.74) is 4.42. The largest absolute Gasteiger partial charge is 0.366 e. The van der Waals surface area contributed by atoms with Crippen molar-refractivity contribution >= 4 is 34.4 Å². The van der Waals surface area contributed by atoms with E-state index in [0.29, 0.717) is 45.1 Å². The zero-order valence-corrected chi connectivity index (χ0v) is 20.8. The fraction of sp³-hybridized carbons (Fsp3) is 0.423. The number of nitrogens with one attached hydrogen (secondary N) is 2. The van der Waals surface area contributed by atoms with E-state index in [9.17, 15) is 4.79 Å². The maximum Gasteiger partial charge on any atom is 0.266 e. The van der Waals surface area contributed by atoms with Gasteiger partial charge in [0.25, 0.3) is 5.56 Å². The van der Waals surface area contributed by atoms with Crippen LogP contribution in [0.1, 0.15) is 36.9 Å². The Labute approximate surface area is 212 Å². The highest BCUT2D eigenvalue weighted by atomic mass is 35.5. The highest BCUT2D eigenvalue weighted by Gasteiger charge is 2.41. The normalized spacial score (nSPS) is 18.7. The van der Waals surface area contributed by atoms with Gasteiger partial charge < -0.3 is 10.2 Å². The van der Waals surface area contributed by atoms with E-state index in [2.05, 4.69) is 36.4 Å². The van der Waals surface area contributed by atoms with Gasteiger partial charge in [-0.15, -0.1) is 0 Å². The number of piperidine rings is 1. The second-order valence-electron chi connectivity index (χ2n) is 10.5. The van der Waals surface area contributed by atoms with Crippen LogP contribution in [0.25, 0.3) is 22.3 Å². The Morgan fingerprint density at radius 3 is 2.75 bits per heavy atom. The summed E-state index contributed by atoms with van der Waals surface area (Å²) in [6.07, 6.45) is 10.0. The second kappa shape index (κ2) is 8.03. The molecule has 1 aliphatic heterocycles. The first-order chi connectivity index (χ1) is 17.5. The van der Waals surface area contributed by atoms with Crippen LogP contribution in [0, 0.1) is 5.41 Å². The average Bonchev–Trinajstić information content (AvgIpc) is 3.48. The van der Waals surface area contributed by atoms with E-state index in [1.165, 1.54) is 11.3 Å². The van der Waals surface area contributed by atoms with Gasteiger partial charge in [-0.05, 0) is 61.6 Å². The molecule has 0 unspecified atom stereocenters. The molecule has 0 atom stereocenters. The van der Waals surface area contributed by atoms with Crippen LogP contribution in [0.15, 0.2) is 35.4 Å². The number of halogens is 1. The third-order valence-corrected chi connectivity index (χ3v) is 8.43. The number of nitrogens with zero attached hydrogens (tertiary/aromatic N) is 6. The Bertz CT molecular complexity index is 1520. The van der Waals surface area contributed by atoms with Crippen LogP contribution in [0.3, 0.4) is 0 Å². The molecular formula is C26H27ClN8O. The number of pyridine rings is 2. The average molecular weight is 503 g/mol. The number of hydrogen-bond acceptors (Lipinski definition) is 7. The topological polar surface area (TPSA) is 105 Å². The molecule has 0 bridgehead atoms. The number of hydrogen-bond donors (Lipinski definition) is 2. The minimum Gasteiger partial charge on any atom is -0.366 e. The maximum absolute atomic E-state index is 13.6. The molecule has 1 saturated heterocycles. The Morgan fingerprint density at radius 1 is 1.14 bits per heavy atom. The summed E-state index contributed by atoms with van der Waals surface area (Å²) in [6.45, 7) is 1.70. The number of aromatic amines is 1. The Balaban J connectivity index is 1.19. The molecule has 184 valence electrons. The standard InChI is InChI=1S/C26H27ClN8O/c1-34-24(36)19-21(17-6-10-29-23(20(17)27)30-16-4-5-16)32-33-22(19)31-25(34)35-11-7-26(8-12-35)13-15-3-2-9-28-18(15)14-26/h2-3,6,9-10,16H,4-5,7-8,11-14H2,1H3,(H,29,30)(H,32,33). The lowest BCUT2D eigenvalue weighted by Crippen LogP contribution is -2.43. The Kier molecular flexibility index (Phi) is 4.86. The first-order valence-electron chi connectivity index (χ1n) is 12.6. The van der Waals surface area contributed by atoms with Crippen molar-refractivity contribution in [3.63, 3.8) is 0 Å². The quantitative estimate of drug-likeness (QED) is 0.438. The molecule has 10 heteroatoms. The van der Waals surface area contributed by atoms with Crippen molar-refractivity contribution < 1.29 is 0 Å². The maximum atomic E-state index is 13.6. The predicted octanol–water partition coefficient (Wildman–Crippen LogP) is 3.73. The summed E-state index contributed by atoms with van der Waals surface area (Å²) in [4.78, 5) is 29.6. The predicted molar refractivity (Wildman–Crippen MR) is 140 cm³/mol. The molecule has 5 heterocycles. The van der Waals surface area contributed by atoms with Crippen molar-refractivity contribution in [1.29, 1.82) is 0 Å². The number of fused-ring (bicyclic) bond motifs is 2. The molecule has 2 aliphatic carbocycles. The van der Waals surface area contributed by atoms with Crippen molar-refractivity contribution in [2.24, 2.45) is 12.5 Å². The van der Waals surface area contributed by atoms with E-state index in [1.54, 1.807) is 23.9 Å². The van der Waals surface area contributed by atoms with Gasteiger partial charge in [0.2, 0.25) is 5.95 Å². The number of anilines is 2. The van der Waals surface area contributed by atoms with Crippen LogP contribution in [0.4, 0.5) is 11.8 Å². The smallest absolute Gasteiger partial charge is 0.266 e. The molecule has 4 aromatic heterocycles. The minimum absolute atomic E-state index is 0.138. The van der Waals surface area contributed by atoms with Crippen molar-refractivity contribution in [3.8, 4) is 11.3 Å². The first kappa shape index (κ1) is 21.8.